The second kappa shape index (κ2) is 8.96. The van der Waals surface area contributed by atoms with Crippen molar-refractivity contribution in [3.8, 4) is 22.6 Å². The molecule has 0 aliphatic heterocycles. The van der Waals surface area contributed by atoms with Crippen LogP contribution in [0.3, 0.4) is 0 Å². The first kappa shape index (κ1) is 22.4. The van der Waals surface area contributed by atoms with Gasteiger partial charge in [-0.25, -0.2) is 8.42 Å². The van der Waals surface area contributed by atoms with Crippen LogP contribution in [0.4, 0.5) is 5.69 Å². The third kappa shape index (κ3) is 4.83. The predicted octanol–water partition coefficient (Wildman–Crippen LogP) is 5.75. The quantitative estimate of drug-likeness (QED) is 0.384. The predicted molar refractivity (Wildman–Crippen MR) is 130 cm³/mol. The molecule has 1 aromatic heterocycles. The van der Waals surface area contributed by atoms with Crippen molar-refractivity contribution in [2.45, 2.75) is 18.7 Å². The van der Waals surface area contributed by atoms with Crippen molar-refractivity contribution in [1.29, 1.82) is 0 Å². The standard InChI is InChI=1S/C26H24N2O4S/c1-17-9-14-22(25(18(17)2)32-20-7-5-4-6-8-20)23-15-27-16-24(23)26(29)28-19-10-12-21(13-11-19)33(3,30)31/h4-16,27H,1-3H3,(H,28,29). The molecule has 0 radical (unpaired) electrons. The molecule has 4 rings (SSSR count). The molecular weight excluding hydrogens is 436 g/mol. The van der Waals surface area contributed by atoms with E-state index in [0.29, 0.717) is 28.3 Å². The fourth-order valence-corrected chi connectivity index (χ4v) is 4.13. The van der Waals surface area contributed by atoms with Gasteiger partial charge in [0.15, 0.2) is 9.84 Å². The van der Waals surface area contributed by atoms with Crippen LogP contribution < -0.4 is 10.1 Å². The Morgan fingerprint density at radius 1 is 0.879 bits per heavy atom. The molecule has 3 aromatic carbocycles. The number of hydrogen-bond donors (Lipinski definition) is 2. The molecule has 0 unspecified atom stereocenters. The van der Waals surface area contributed by atoms with E-state index in [1.165, 1.54) is 12.1 Å². The van der Waals surface area contributed by atoms with Gasteiger partial charge in [0.2, 0.25) is 0 Å². The third-order valence-corrected chi connectivity index (χ3v) is 6.59. The van der Waals surface area contributed by atoms with Gasteiger partial charge in [-0.05, 0) is 61.4 Å². The number of amides is 1. The second-order valence-electron chi connectivity index (χ2n) is 7.83. The van der Waals surface area contributed by atoms with E-state index in [2.05, 4.69) is 10.3 Å². The molecule has 7 heteroatoms. The smallest absolute Gasteiger partial charge is 0.257 e. The molecule has 1 heterocycles. The summed E-state index contributed by atoms with van der Waals surface area (Å²) in [5.74, 6) is 1.08. The number of carbonyl (C=O) groups excluding carboxylic acids is 1. The lowest BCUT2D eigenvalue weighted by molar-refractivity contribution is 0.102. The molecule has 168 valence electrons. The van der Waals surface area contributed by atoms with Crippen LogP contribution in [-0.4, -0.2) is 25.6 Å². The number of anilines is 1. The second-order valence-corrected chi connectivity index (χ2v) is 9.85. The zero-order chi connectivity index (χ0) is 23.6. The Morgan fingerprint density at radius 3 is 2.24 bits per heavy atom. The van der Waals surface area contributed by atoms with E-state index in [0.717, 1.165) is 22.9 Å². The summed E-state index contributed by atoms with van der Waals surface area (Å²) in [6.45, 7) is 4.01. The lowest BCUT2D eigenvalue weighted by atomic mass is 9.97. The highest BCUT2D eigenvalue weighted by Crippen LogP contribution is 2.39. The van der Waals surface area contributed by atoms with E-state index in [9.17, 15) is 13.2 Å². The molecule has 0 saturated carbocycles. The average molecular weight is 461 g/mol. The maximum atomic E-state index is 13.1. The fourth-order valence-electron chi connectivity index (χ4n) is 3.50. The van der Waals surface area contributed by atoms with Gasteiger partial charge in [-0.1, -0.05) is 30.3 Å². The Hall–Kier alpha value is -3.84. The summed E-state index contributed by atoms with van der Waals surface area (Å²) in [6, 6.07) is 19.5. The molecule has 2 N–H and O–H groups in total. The van der Waals surface area contributed by atoms with Crippen LogP contribution in [-0.2, 0) is 9.84 Å². The van der Waals surface area contributed by atoms with Gasteiger partial charge < -0.3 is 15.0 Å². The van der Waals surface area contributed by atoms with E-state index < -0.39 is 9.84 Å². The van der Waals surface area contributed by atoms with E-state index in [4.69, 9.17) is 4.74 Å². The summed E-state index contributed by atoms with van der Waals surface area (Å²) >= 11 is 0. The van der Waals surface area contributed by atoms with E-state index in [1.54, 1.807) is 24.5 Å². The summed E-state index contributed by atoms with van der Waals surface area (Å²) in [7, 11) is -3.30. The highest BCUT2D eigenvalue weighted by molar-refractivity contribution is 7.90. The molecule has 0 saturated heterocycles. The number of H-pyrrole nitrogens is 1. The van der Waals surface area contributed by atoms with E-state index in [1.807, 2.05) is 56.3 Å². The van der Waals surface area contributed by atoms with Crippen LogP contribution in [0.15, 0.2) is 84.0 Å². The van der Waals surface area contributed by atoms with Crippen molar-refractivity contribution in [3.63, 3.8) is 0 Å². The molecule has 0 atom stereocenters. The van der Waals surface area contributed by atoms with Crippen molar-refractivity contribution >= 4 is 21.4 Å². The zero-order valence-corrected chi connectivity index (χ0v) is 19.4. The fraction of sp³-hybridized carbons (Fsp3) is 0.115. The SMILES string of the molecule is Cc1ccc(-c2c[nH]cc2C(=O)Nc2ccc(S(C)(=O)=O)cc2)c(Oc2ccccc2)c1C. The van der Waals surface area contributed by atoms with Crippen molar-refractivity contribution in [3.05, 3.63) is 95.8 Å². The van der Waals surface area contributed by atoms with Gasteiger partial charge >= 0.3 is 0 Å². The normalized spacial score (nSPS) is 11.2. The van der Waals surface area contributed by atoms with Gasteiger partial charge in [0.25, 0.3) is 5.91 Å². The Balaban J connectivity index is 1.67. The number of sulfone groups is 1. The Bertz CT molecular complexity index is 1410. The topological polar surface area (TPSA) is 88.3 Å². The average Bonchev–Trinajstić information content (AvgIpc) is 3.27. The summed E-state index contributed by atoms with van der Waals surface area (Å²) < 4.78 is 29.6. The summed E-state index contributed by atoms with van der Waals surface area (Å²) in [5.41, 5.74) is 4.51. The maximum absolute atomic E-state index is 13.1. The summed E-state index contributed by atoms with van der Waals surface area (Å²) in [4.78, 5) is 16.3. The van der Waals surface area contributed by atoms with Crippen LogP contribution >= 0.6 is 0 Å². The van der Waals surface area contributed by atoms with Crippen molar-refractivity contribution < 1.29 is 17.9 Å². The minimum absolute atomic E-state index is 0.195. The summed E-state index contributed by atoms with van der Waals surface area (Å²) in [5, 5.41) is 2.83. The molecule has 0 spiro atoms. The van der Waals surface area contributed by atoms with Crippen molar-refractivity contribution in [2.24, 2.45) is 0 Å². The third-order valence-electron chi connectivity index (χ3n) is 5.46. The molecule has 0 aliphatic rings. The molecular formula is C26H24N2O4S. The molecule has 33 heavy (non-hydrogen) atoms. The number of ether oxygens (including phenoxy) is 1. The summed E-state index contributed by atoms with van der Waals surface area (Å²) in [6.07, 6.45) is 4.55. The molecule has 4 aromatic rings. The number of hydrogen-bond acceptors (Lipinski definition) is 4. The lowest BCUT2D eigenvalue weighted by Crippen LogP contribution is -2.12. The van der Waals surface area contributed by atoms with Crippen LogP contribution in [0.2, 0.25) is 0 Å². The van der Waals surface area contributed by atoms with Gasteiger partial charge in [0, 0.05) is 35.5 Å². The number of carbonyl (C=O) groups is 1. The van der Waals surface area contributed by atoms with Crippen LogP contribution in [0, 0.1) is 13.8 Å². The molecule has 0 aliphatic carbocycles. The number of aryl methyl sites for hydroxylation is 1. The van der Waals surface area contributed by atoms with Crippen LogP contribution in [0.1, 0.15) is 21.5 Å². The Kier molecular flexibility index (Phi) is 6.07. The maximum Gasteiger partial charge on any atom is 0.257 e. The zero-order valence-electron chi connectivity index (χ0n) is 18.5. The van der Waals surface area contributed by atoms with Gasteiger partial charge in [-0.15, -0.1) is 0 Å². The van der Waals surface area contributed by atoms with Gasteiger partial charge in [0.1, 0.15) is 11.5 Å². The number of aromatic nitrogens is 1. The number of rotatable bonds is 6. The first-order chi connectivity index (χ1) is 15.7. The van der Waals surface area contributed by atoms with Crippen LogP contribution in [0.25, 0.3) is 11.1 Å². The lowest BCUT2D eigenvalue weighted by Gasteiger charge is -2.16. The van der Waals surface area contributed by atoms with Gasteiger partial charge in [-0.2, -0.15) is 0 Å². The van der Waals surface area contributed by atoms with Crippen molar-refractivity contribution in [1.82, 2.24) is 4.98 Å². The minimum Gasteiger partial charge on any atom is -0.456 e. The van der Waals surface area contributed by atoms with Gasteiger partial charge in [0.05, 0.1) is 10.5 Å². The first-order valence-corrected chi connectivity index (χ1v) is 12.2. The van der Waals surface area contributed by atoms with E-state index >= 15 is 0 Å². The Labute approximate surface area is 193 Å². The largest absolute Gasteiger partial charge is 0.456 e. The molecule has 0 fully saturated rings. The van der Waals surface area contributed by atoms with E-state index in [-0.39, 0.29) is 10.8 Å². The van der Waals surface area contributed by atoms with Crippen molar-refractivity contribution in [2.75, 3.05) is 11.6 Å². The highest BCUT2D eigenvalue weighted by Gasteiger charge is 2.20. The number of aromatic amines is 1. The minimum atomic E-state index is -3.30. The Morgan fingerprint density at radius 2 is 1.58 bits per heavy atom. The number of nitrogens with one attached hydrogen (secondary N) is 2. The highest BCUT2D eigenvalue weighted by atomic mass is 32.2. The number of para-hydroxylation sites is 1. The first-order valence-electron chi connectivity index (χ1n) is 10.4. The molecule has 6 nitrogen and oxygen atoms in total. The number of benzene rings is 3. The molecule has 1 amide bonds. The van der Waals surface area contributed by atoms with Crippen LogP contribution in [0.5, 0.6) is 11.5 Å². The monoisotopic (exact) mass is 460 g/mol. The van der Waals surface area contributed by atoms with Gasteiger partial charge in [-0.3, -0.25) is 4.79 Å². The molecule has 0 bridgehead atoms.